The number of amides is 1. The lowest BCUT2D eigenvalue weighted by molar-refractivity contribution is 0.0751. The van der Waals surface area contributed by atoms with Crippen LogP contribution < -0.4 is 9.80 Å². The van der Waals surface area contributed by atoms with Crippen LogP contribution in [0.2, 0.25) is 4.34 Å². The van der Waals surface area contributed by atoms with Crippen molar-refractivity contribution in [2.45, 2.75) is 25.9 Å². The summed E-state index contributed by atoms with van der Waals surface area (Å²) in [5, 5.41) is 9.15. The Kier molecular flexibility index (Phi) is 9.79. The third-order valence-electron chi connectivity index (χ3n) is 8.25. The average Bonchev–Trinajstić information content (AvgIpc) is 3.73. The van der Waals surface area contributed by atoms with Gasteiger partial charge in [0.05, 0.1) is 39.4 Å². The van der Waals surface area contributed by atoms with Crippen LogP contribution in [0.4, 0.5) is 11.4 Å². The molecular weight excluding hydrogens is 600 g/mol. The number of anilines is 2. The first-order chi connectivity index (χ1) is 22.1. The number of rotatable bonds is 11. The lowest BCUT2D eigenvalue weighted by Gasteiger charge is -2.36. The maximum Gasteiger partial charge on any atom is 0.264 e. The fourth-order valence-corrected chi connectivity index (χ4v) is 6.76. The first kappa shape index (κ1) is 30.4. The van der Waals surface area contributed by atoms with Gasteiger partial charge in [0.15, 0.2) is 0 Å². The van der Waals surface area contributed by atoms with E-state index in [2.05, 4.69) is 80.0 Å². The van der Waals surface area contributed by atoms with Gasteiger partial charge in [-0.2, -0.15) is 5.26 Å². The second-order valence-electron chi connectivity index (χ2n) is 11.2. The molecule has 0 spiro atoms. The van der Waals surface area contributed by atoms with Gasteiger partial charge in [0.25, 0.3) is 5.91 Å². The minimum Gasteiger partial charge on any atom is -0.368 e. The molecule has 5 aromatic rings. The number of carbonyl (C=O) groups is 1. The fraction of sp³-hybridized carbons (Fsp3) is 0.250. The summed E-state index contributed by atoms with van der Waals surface area (Å²) in [4.78, 5) is 24.8. The second-order valence-corrected chi connectivity index (χ2v) is 12.9. The van der Waals surface area contributed by atoms with Gasteiger partial charge in [-0.25, -0.2) is 4.98 Å². The zero-order valence-electron chi connectivity index (χ0n) is 25.1. The molecule has 9 heteroatoms. The molecule has 3 aromatic carbocycles. The van der Waals surface area contributed by atoms with Crippen LogP contribution in [0.25, 0.3) is 0 Å². The predicted octanol–water partition coefficient (Wildman–Crippen LogP) is 7.12. The van der Waals surface area contributed by atoms with Crippen LogP contribution in [0.15, 0.2) is 104 Å². The Bertz CT molecular complexity index is 1730. The highest BCUT2D eigenvalue weighted by Gasteiger charge is 2.23. The van der Waals surface area contributed by atoms with Crippen LogP contribution in [0.1, 0.15) is 38.5 Å². The third kappa shape index (κ3) is 7.75. The van der Waals surface area contributed by atoms with Crippen molar-refractivity contribution in [3.8, 4) is 6.07 Å². The molecule has 0 aliphatic carbocycles. The number of hydrogen-bond donors (Lipinski definition) is 0. The van der Waals surface area contributed by atoms with Gasteiger partial charge in [0.1, 0.15) is 0 Å². The fourth-order valence-electron chi connectivity index (χ4n) is 5.74. The Labute approximate surface area is 273 Å². The minimum absolute atomic E-state index is 0.0615. The van der Waals surface area contributed by atoms with Crippen LogP contribution in [-0.2, 0) is 19.5 Å². The molecule has 1 fully saturated rings. The standard InChI is InChI=1S/C36H35ClN6OS/c37-35-17-16-34(45-35)36(44)41-21-19-40(20-22-41)31-12-14-32(15-13-31)42(18-4-7-28-5-2-1-3-6-28)26-33-24-39-27-43(33)25-30-10-8-29(23-38)9-11-30/h1-3,5-6,8-17,24,27H,4,7,18-22,25-26H2. The van der Waals surface area contributed by atoms with Crippen LogP contribution in [0, 0.1) is 11.3 Å². The Balaban J connectivity index is 1.13. The van der Waals surface area contributed by atoms with Crippen molar-refractivity contribution in [1.29, 1.82) is 5.26 Å². The van der Waals surface area contributed by atoms with Crippen molar-refractivity contribution in [3.05, 3.63) is 135 Å². The number of carbonyl (C=O) groups excluding carboxylic acids is 1. The number of piperazine rings is 1. The van der Waals surface area contributed by atoms with Gasteiger partial charge in [-0.15, -0.1) is 11.3 Å². The molecule has 1 aliphatic heterocycles. The third-order valence-corrected chi connectivity index (χ3v) is 9.47. The van der Waals surface area contributed by atoms with Crippen LogP contribution in [-0.4, -0.2) is 53.1 Å². The quantitative estimate of drug-likeness (QED) is 0.155. The number of halogens is 1. The summed E-state index contributed by atoms with van der Waals surface area (Å²) in [7, 11) is 0. The molecule has 45 heavy (non-hydrogen) atoms. The number of aromatic nitrogens is 2. The first-order valence-electron chi connectivity index (χ1n) is 15.2. The first-order valence-corrected chi connectivity index (χ1v) is 16.4. The van der Waals surface area contributed by atoms with Crippen molar-refractivity contribution in [2.24, 2.45) is 0 Å². The zero-order valence-corrected chi connectivity index (χ0v) is 26.6. The van der Waals surface area contributed by atoms with Crippen molar-refractivity contribution in [3.63, 3.8) is 0 Å². The van der Waals surface area contributed by atoms with E-state index in [0.717, 1.165) is 50.3 Å². The van der Waals surface area contributed by atoms with Crippen LogP contribution in [0.5, 0.6) is 0 Å². The molecule has 0 radical (unpaired) electrons. The van der Waals surface area contributed by atoms with E-state index in [0.29, 0.717) is 34.4 Å². The lowest BCUT2D eigenvalue weighted by atomic mass is 10.1. The number of imidazole rings is 1. The molecule has 0 atom stereocenters. The Morgan fingerprint density at radius 1 is 0.911 bits per heavy atom. The average molecular weight is 635 g/mol. The lowest BCUT2D eigenvalue weighted by Crippen LogP contribution is -2.48. The van der Waals surface area contributed by atoms with Crippen LogP contribution >= 0.6 is 22.9 Å². The van der Waals surface area contributed by atoms with E-state index >= 15 is 0 Å². The Hall–Kier alpha value is -4.58. The van der Waals surface area contributed by atoms with Crippen LogP contribution in [0.3, 0.4) is 0 Å². The smallest absolute Gasteiger partial charge is 0.264 e. The summed E-state index contributed by atoms with van der Waals surface area (Å²) in [6.07, 6.45) is 5.88. The Morgan fingerprint density at radius 3 is 2.36 bits per heavy atom. The summed E-state index contributed by atoms with van der Waals surface area (Å²) in [5.41, 5.74) is 6.61. The largest absolute Gasteiger partial charge is 0.368 e. The SMILES string of the molecule is N#Cc1ccc(Cn2cncc2CN(CCCc2ccccc2)c2ccc(N3CCN(C(=O)c4ccc(Cl)s4)CC3)cc2)cc1. The summed E-state index contributed by atoms with van der Waals surface area (Å²) >= 11 is 7.39. The molecule has 3 heterocycles. The van der Waals surface area contributed by atoms with E-state index < -0.39 is 0 Å². The maximum absolute atomic E-state index is 12.9. The summed E-state index contributed by atoms with van der Waals surface area (Å²) in [6.45, 7) is 5.29. The van der Waals surface area contributed by atoms with E-state index in [-0.39, 0.29) is 5.91 Å². The molecule has 0 unspecified atom stereocenters. The molecule has 0 bridgehead atoms. The van der Waals surface area contributed by atoms with Gasteiger partial charge in [-0.3, -0.25) is 4.79 Å². The molecule has 228 valence electrons. The van der Waals surface area contributed by atoms with E-state index in [1.165, 1.54) is 28.3 Å². The van der Waals surface area contributed by atoms with Gasteiger partial charge in [-0.05, 0) is 72.5 Å². The van der Waals surface area contributed by atoms with Gasteiger partial charge >= 0.3 is 0 Å². The van der Waals surface area contributed by atoms with E-state index in [1.54, 1.807) is 6.07 Å². The number of nitrogens with zero attached hydrogens (tertiary/aromatic N) is 6. The molecule has 1 saturated heterocycles. The molecule has 0 N–H and O–H groups in total. The second kappa shape index (κ2) is 14.5. The van der Waals surface area contributed by atoms with Gasteiger partial charge in [-0.1, -0.05) is 54.1 Å². The number of nitriles is 1. The number of aryl methyl sites for hydroxylation is 1. The zero-order chi connectivity index (χ0) is 31.0. The molecule has 1 aliphatic rings. The highest BCUT2D eigenvalue weighted by Crippen LogP contribution is 2.26. The van der Waals surface area contributed by atoms with Crippen molar-refractivity contribution in [2.75, 3.05) is 42.5 Å². The summed E-state index contributed by atoms with van der Waals surface area (Å²) in [6, 6.07) is 33.0. The predicted molar refractivity (Wildman–Crippen MR) is 182 cm³/mol. The molecule has 7 nitrogen and oxygen atoms in total. The normalized spacial score (nSPS) is 13.1. The summed E-state index contributed by atoms with van der Waals surface area (Å²) < 4.78 is 2.83. The number of benzene rings is 3. The van der Waals surface area contributed by atoms with E-state index in [4.69, 9.17) is 16.9 Å². The number of thiophene rings is 1. The minimum atomic E-state index is 0.0615. The highest BCUT2D eigenvalue weighted by atomic mass is 35.5. The van der Waals surface area contributed by atoms with Crippen molar-refractivity contribution >= 4 is 40.2 Å². The molecular formula is C36H35ClN6OS. The Morgan fingerprint density at radius 2 is 1.67 bits per heavy atom. The van der Waals surface area contributed by atoms with E-state index in [1.807, 2.05) is 47.8 Å². The van der Waals surface area contributed by atoms with Crippen molar-refractivity contribution < 1.29 is 4.79 Å². The summed E-state index contributed by atoms with van der Waals surface area (Å²) in [5.74, 6) is 0.0615. The van der Waals surface area contributed by atoms with Gasteiger partial charge in [0, 0.05) is 56.8 Å². The molecule has 0 saturated carbocycles. The highest BCUT2D eigenvalue weighted by molar-refractivity contribution is 7.17. The van der Waals surface area contributed by atoms with Gasteiger partial charge < -0.3 is 19.3 Å². The number of hydrogen-bond acceptors (Lipinski definition) is 6. The molecule has 2 aromatic heterocycles. The topological polar surface area (TPSA) is 68.4 Å². The maximum atomic E-state index is 12.9. The molecule has 1 amide bonds. The van der Waals surface area contributed by atoms with Gasteiger partial charge in [0.2, 0.25) is 0 Å². The molecule has 6 rings (SSSR count). The van der Waals surface area contributed by atoms with E-state index in [9.17, 15) is 4.79 Å². The van der Waals surface area contributed by atoms with Crippen molar-refractivity contribution in [1.82, 2.24) is 14.5 Å². The monoisotopic (exact) mass is 634 g/mol.